The van der Waals surface area contributed by atoms with Gasteiger partial charge in [0.15, 0.2) is 0 Å². The maximum Gasteiger partial charge on any atom is 0.203 e. The van der Waals surface area contributed by atoms with Crippen LogP contribution in [0.25, 0.3) is 0 Å². The van der Waals surface area contributed by atoms with Crippen LogP contribution in [-0.4, -0.2) is 5.78 Å². The monoisotopic (exact) mass is 308 g/mol. The average Bonchev–Trinajstić information content (AvgIpc) is 2.69. The molecule has 17 heavy (non-hydrogen) atoms. The lowest BCUT2D eigenvalue weighted by Gasteiger charge is -2.07. The highest BCUT2D eigenvalue weighted by atomic mass is 79.9. The summed E-state index contributed by atoms with van der Waals surface area (Å²) >= 11 is 4.85. The Labute approximate surface area is 114 Å². The van der Waals surface area contributed by atoms with Gasteiger partial charge in [0.2, 0.25) is 5.78 Å². The number of hydrogen-bond acceptors (Lipinski definition) is 2. The number of carbonyl (C=O) groups excluding carboxylic acids is 1. The molecule has 0 bridgehead atoms. The Morgan fingerprint density at radius 1 is 1.06 bits per heavy atom. The molecular formula is C14H13BrOS. The molecule has 1 nitrogen and oxygen atoms in total. The Morgan fingerprint density at radius 2 is 1.71 bits per heavy atom. The van der Waals surface area contributed by atoms with Gasteiger partial charge in [-0.2, -0.15) is 0 Å². The zero-order valence-corrected chi connectivity index (χ0v) is 12.4. The van der Waals surface area contributed by atoms with Gasteiger partial charge in [-0.25, -0.2) is 0 Å². The standard InChI is InChI=1S/C14H13BrOS/c1-8-4-10(3)12(5-9(8)2)14(16)13-6-11(15)7-17-13/h4-7H,1-3H3. The highest BCUT2D eigenvalue weighted by Crippen LogP contribution is 2.25. The molecule has 88 valence electrons. The first-order valence-electron chi connectivity index (χ1n) is 5.35. The fraction of sp³-hybridized carbons (Fsp3) is 0.214. The van der Waals surface area contributed by atoms with Crippen molar-refractivity contribution in [1.29, 1.82) is 0 Å². The Bertz CT molecular complexity index is 584. The zero-order chi connectivity index (χ0) is 12.6. The van der Waals surface area contributed by atoms with Crippen molar-refractivity contribution < 1.29 is 4.79 Å². The molecule has 0 aliphatic rings. The van der Waals surface area contributed by atoms with E-state index in [0.717, 1.165) is 26.0 Å². The lowest BCUT2D eigenvalue weighted by molar-refractivity contribution is 0.104. The summed E-state index contributed by atoms with van der Waals surface area (Å²) in [5.74, 6) is 0.112. The van der Waals surface area contributed by atoms with E-state index in [1.807, 2.05) is 31.4 Å². The number of halogens is 1. The van der Waals surface area contributed by atoms with Crippen molar-refractivity contribution in [1.82, 2.24) is 0 Å². The Kier molecular flexibility index (Phi) is 3.50. The average molecular weight is 309 g/mol. The normalized spacial score (nSPS) is 10.6. The number of ketones is 1. The summed E-state index contributed by atoms with van der Waals surface area (Å²) in [5, 5.41) is 1.93. The quantitative estimate of drug-likeness (QED) is 0.737. The molecule has 0 atom stereocenters. The van der Waals surface area contributed by atoms with Crippen molar-refractivity contribution in [2.75, 3.05) is 0 Å². The van der Waals surface area contributed by atoms with Crippen molar-refractivity contribution in [3.8, 4) is 0 Å². The molecule has 0 aliphatic carbocycles. The van der Waals surface area contributed by atoms with Gasteiger partial charge in [-0.3, -0.25) is 4.79 Å². The van der Waals surface area contributed by atoms with Gasteiger partial charge in [-0.1, -0.05) is 6.07 Å². The molecule has 1 heterocycles. The second-order valence-corrected chi connectivity index (χ2v) is 6.04. The van der Waals surface area contributed by atoms with Crippen molar-refractivity contribution in [3.05, 3.63) is 55.2 Å². The zero-order valence-electron chi connectivity index (χ0n) is 10.0. The minimum Gasteiger partial charge on any atom is -0.288 e. The fourth-order valence-electron chi connectivity index (χ4n) is 1.77. The molecule has 2 aromatic rings. The number of rotatable bonds is 2. The summed E-state index contributed by atoms with van der Waals surface area (Å²) in [5.41, 5.74) is 4.24. The minimum absolute atomic E-state index is 0.112. The molecule has 0 N–H and O–H groups in total. The molecule has 0 spiro atoms. The fourth-order valence-corrected chi connectivity index (χ4v) is 3.15. The summed E-state index contributed by atoms with van der Waals surface area (Å²) in [6.07, 6.45) is 0. The smallest absolute Gasteiger partial charge is 0.203 e. The number of carbonyl (C=O) groups is 1. The molecule has 0 amide bonds. The van der Waals surface area contributed by atoms with Gasteiger partial charge < -0.3 is 0 Å². The third-order valence-electron chi connectivity index (χ3n) is 2.88. The van der Waals surface area contributed by atoms with Gasteiger partial charge in [-0.15, -0.1) is 11.3 Å². The van der Waals surface area contributed by atoms with Crippen LogP contribution in [-0.2, 0) is 0 Å². The topological polar surface area (TPSA) is 17.1 Å². The Balaban J connectivity index is 2.47. The first-order chi connectivity index (χ1) is 7.99. The third kappa shape index (κ3) is 2.50. The van der Waals surface area contributed by atoms with Gasteiger partial charge in [-0.05, 0) is 65.5 Å². The molecule has 0 saturated heterocycles. The van der Waals surface area contributed by atoms with Gasteiger partial charge >= 0.3 is 0 Å². The summed E-state index contributed by atoms with van der Waals surface area (Å²) in [6.45, 7) is 6.09. The van der Waals surface area contributed by atoms with E-state index in [0.29, 0.717) is 0 Å². The van der Waals surface area contributed by atoms with E-state index in [-0.39, 0.29) is 5.78 Å². The molecule has 1 aromatic carbocycles. The highest BCUT2D eigenvalue weighted by Gasteiger charge is 2.14. The van der Waals surface area contributed by atoms with E-state index in [1.54, 1.807) is 0 Å². The summed E-state index contributed by atoms with van der Waals surface area (Å²) in [4.78, 5) is 13.1. The first kappa shape index (κ1) is 12.5. The molecule has 0 aliphatic heterocycles. The number of thiophene rings is 1. The van der Waals surface area contributed by atoms with Crippen LogP contribution in [0.2, 0.25) is 0 Å². The third-order valence-corrected chi connectivity index (χ3v) is 4.57. The van der Waals surface area contributed by atoms with E-state index < -0.39 is 0 Å². The van der Waals surface area contributed by atoms with Crippen LogP contribution in [0.4, 0.5) is 0 Å². The van der Waals surface area contributed by atoms with Crippen LogP contribution in [0, 0.1) is 20.8 Å². The van der Waals surface area contributed by atoms with Gasteiger partial charge in [0.05, 0.1) is 4.88 Å². The van der Waals surface area contributed by atoms with Crippen LogP contribution in [0.1, 0.15) is 31.9 Å². The predicted molar refractivity (Wildman–Crippen MR) is 76.1 cm³/mol. The molecule has 3 heteroatoms. The van der Waals surface area contributed by atoms with Crippen LogP contribution < -0.4 is 0 Å². The van der Waals surface area contributed by atoms with Gasteiger partial charge in [0, 0.05) is 15.4 Å². The second kappa shape index (κ2) is 4.75. The van der Waals surface area contributed by atoms with E-state index in [2.05, 4.69) is 28.9 Å². The highest BCUT2D eigenvalue weighted by molar-refractivity contribution is 9.10. The van der Waals surface area contributed by atoms with Crippen LogP contribution in [0.5, 0.6) is 0 Å². The van der Waals surface area contributed by atoms with Gasteiger partial charge in [0.1, 0.15) is 0 Å². The van der Waals surface area contributed by atoms with Crippen molar-refractivity contribution >= 4 is 33.0 Å². The Hall–Kier alpha value is -0.930. The van der Waals surface area contributed by atoms with Crippen LogP contribution in [0.3, 0.4) is 0 Å². The first-order valence-corrected chi connectivity index (χ1v) is 7.03. The number of aryl methyl sites for hydroxylation is 3. The SMILES string of the molecule is Cc1cc(C)c(C(=O)c2cc(Br)cs2)cc1C. The molecule has 0 unspecified atom stereocenters. The predicted octanol–water partition coefficient (Wildman–Crippen LogP) is 4.67. The van der Waals surface area contributed by atoms with E-state index in [1.165, 1.54) is 16.9 Å². The summed E-state index contributed by atoms with van der Waals surface area (Å²) < 4.78 is 0.965. The Morgan fingerprint density at radius 3 is 2.29 bits per heavy atom. The largest absolute Gasteiger partial charge is 0.288 e. The summed E-state index contributed by atoms with van der Waals surface area (Å²) in [7, 11) is 0. The maximum atomic E-state index is 12.3. The van der Waals surface area contributed by atoms with Crippen molar-refractivity contribution in [2.45, 2.75) is 20.8 Å². The van der Waals surface area contributed by atoms with E-state index in [9.17, 15) is 4.79 Å². The van der Waals surface area contributed by atoms with E-state index in [4.69, 9.17) is 0 Å². The van der Waals surface area contributed by atoms with Crippen molar-refractivity contribution in [2.24, 2.45) is 0 Å². The second-order valence-electron chi connectivity index (χ2n) is 4.21. The van der Waals surface area contributed by atoms with Gasteiger partial charge in [0.25, 0.3) is 0 Å². The molecule has 2 rings (SSSR count). The molecule has 1 aromatic heterocycles. The van der Waals surface area contributed by atoms with Crippen LogP contribution in [0.15, 0.2) is 28.1 Å². The van der Waals surface area contributed by atoms with E-state index >= 15 is 0 Å². The number of benzene rings is 1. The van der Waals surface area contributed by atoms with Crippen molar-refractivity contribution in [3.63, 3.8) is 0 Å². The molecular weight excluding hydrogens is 296 g/mol. The maximum absolute atomic E-state index is 12.3. The molecule has 0 saturated carbocycles. The minimum atomic E-state index is 0.112. The summed E-state index contributed by atoms with van der Waals surface area (Å²) in [6, 6.07) is 5.94. The van der Waals surface area contributed by atoms with Crippen LogP contribution >= 0.6 is 27.3 Å². The lowest BCUT2D eigenvalue weighted by Crippen LogP contribution is -2.03. The lowest BCUT2D eigenvalue weighted by atomic mass is 9.97. The molecule has 0 radical (unpaired) electrons. The molecule has 0 fully saturated rings. The number of hydrogen-bond donors (Lipinski definition) is 0.